The number of ether oxygens (including phenoxy) is 1. The molecule has 0 bridgehead atoms. The van der Waals surface area contributed by atoms with E-state index in [-0.39, 0.29) is 0 Å². The molecule has 0 radical (unpaired) electrons. The summed E-state index contributed by atoms with van der Waals surface area (Å²) in [7, 11) is 0. The fourth-order valence-corrected chi connectivity index (χ4v) is 1.88. The predicted molar refractivity (Wildman–Crippen MR) is 66.6 cm³/mol. The highest BCUT2D eigenvalue weighted by atomic mass is 16.5. The van der Waals surface area contributed by atoms with Gasteiger partial charge >= 0.3 is 0 Å². The molecule has 1 aliphatic carbocycles. The largest absolute Gasteiger partial charge is 0.492 e. The summed E-state index contributed by atoms with van der Waals surface area (Å²) in [5.41, 5.74) is 6.39. The molecule has 1 aliphatic rings. The van der Waals surface area contributed by atoms with Crippen molar-refractivity contribution in [2.24, 2.45) is 0 Å². The molecule has 3 nitrogen and oxygen atoms in total. The number of rotatable bonds is 6. The minimum Gasteiger partial charge on any atom is -0.492 e. The molecule has 0 amide bonds. The van der Waals surface area contributed by atoms with Gasteiger partial charge in [-0.3, -0.25) is 4.90 Å². The van der Waals surface area contributed by atoms with Crippen LogP contribution >= 0.6 is 0 Å². The van der Waals surface area contributed by atoms with Crippen LogP contribution in [-0.2, 0) is 0 Å². The van der Waals surface area contributed by atoms with E-state index >= 15 is 0 Å². The van der Waals surface area contributed by atoms with Crippen LogP contribution in [0.2, 0.25) is 0 Å². The van der Waals surface area contributed by atoms with Crippen molar-refractivity contribution >= 4 is 5.69 Å². The summed E-state index contributed by atoms with van der Waals surface area (Å²) in [4.78, 5) is 2.48. The lowest BCUT2D eigenvalue weighted by molar-refractivity contribution is 0.209. The zero-order valence-electron chi connectivity index (χ0n) is 9.86. The molecule has 1 saturated carbocycles. The summed E-state index contributed by atoms with van der Waals surface area (Å²) in [6, 6.07) is 8.40. The normalized spacial score (nSPS) is 15.4. The average molecular weight is 220 g/mol. The highest BCUT2D eigenvalue weighted by Crippen LogP contribution is 2.26. The van der Waals surface area contributed by atoms with E-state index in [1.54, 1.807) is 0 Å². The number of hydrogen-bond acceptors (Lipinski definition) is 3. The third-order valence-corrected chi connectivity index (χ3v) is 3.00. The van der Waals surface area contributed by atoms with Crippen LogP contribution in [0.25, 0.3) is 0 Å². The highest BCUT2D eigenvalue weighted by Gasteiger charge is 2.27. The van der Waals surface area contributed by atoms with Gasteiger partial charge in [-0.15, -0.1) is 0 Å². The van der Waals surface area contributed by atoms with E-state index in [4.69, 9.17) is 10.5 Å². The first-order chi connectivity index (χ1) is 7.79. The Balaban J connectivity index is 1.72. The SMILES string of the molecule is CCN(CCOc1ccc(N)cc1)C1CC1. The lowest BCUT2D eigenvalue weighted by atomic mass is 10.3. The van der Waals surface area contributed by atoms with Crippen molar-refractivity contribution in [2.75, 3.05) is 25.4 Å². The third kappa shape index (κ3) is 3.14. The van der Waals surface area contributed by atoms with Crippen LogP contribution in [0.1, 0.15) is 19.8 Å². The maximum Gasteiger partial charge on any atom is 0.119 e. The van der Waals surface area contributed by atoms with Gasteiger partial charge in [0.2, 0.25) is 0 Å². The van der Waals surface area contributed by atoms with Crippen LogP contribution in [0.15, 0.2) is 24.3 Å². The molecule has 0 aliphatic heterocycles. The third-order valence-electron chi connectivity index (χ3n) is 3.00. The first-order valence-electron chi connectivity index (χ1n) is 6.02. The van der Waals surface area contributed by atoms with Crippen molar-refractivity contribution < 1.29 is 4.74 Å². The summed E-state index contributed by atoms with van der Waals surface area (Å²) < 4.78 is 5.67. The fourth-order valence-electron chi connectivity index (χ4n) is 1.88. The topological polar surface area (TPSA) is 38.5 Å². The standard InChI is InChI=1S/C13H20N2O/c1-2-15(12-5-6-12)9-10-16-13-7-3-11(14)4-8-13/h3-4,7-8,12H,2,5-6,9-10,14H2,1H3. The zero-order chi connectivity index (χ0) is 11.4. The van der Waals surface area contributed by atoms with Crippen LogP contribution in [0, 0.1) is 0 Å². The molecule has 3 heteroatoms. The van der Waals surface area contributed by atoms with Gasteiger partial charge < -0.3 is 10.5 Å². The number of benzene rings is 1. The number of hydrogen-bond donors (Lipinski definition) is 1. The van der Waals surface area contributed by atoms with E-state index in [1.807, 2.05) is 24.3 Å². The Morgan fingerprint density at radius 2 is 2.00 bits per heavy atom. The second-order valence-electron chi connectivity index (χ2n) is 4.28. The van der Waals surface area contributed by atoms with Gasteiger partial charge in [0.15, 0.2) is 0 Å². The van der Waals surface area contributed by atoms with E-state index in [1.165, 1.54) is 12.8 Å². The highest BCUT2D eigenvalue weighted by molar-refractivity contribution is 5.41. The first kappa shape index (κ1) is 11.3. The summed E-state index contributed by atoms with van der Waals surface area (Å²) in [6.07, 6.45) is 2.71. The monoisotopic (exact) mass is 220 g/mol. The lowest BCUT2D eigenvalue weighted by Crippen LogP contribution is -2.30. The van der Waals surface area contributed by atoms with Crippen LogP contribution in [0.5, 0.6) is 5.75 Å². The second kappa shape index (κ2) is 5.21. The number of likely N-dealkylation sites (N-methyl/N-ethyl adjacent to an activating group) is 1. The van der Waals surface area contributed by atoms with Gasteiger partial charge in [0, 0.05) is 18.3 Å². The summed E-state index contributed by atoms with van der Waals surface area (Å²) in [5, 5.41) is 0. The molecule has 16 heavy (non-hydrogen) atoms. The molecule has 0 atom stereocenters. The molecule has 1 aromatic carbocycles. The van der Waals surface area contributed by atoms with Gasteiger partial charge in [-0.25, -0.2) is 0 Å². The summed E-state index contributed by atoms with van der Waals surface area (Å²) in [6.45, 7) is 5.11. The van der Waals surface area contributed by atoms with Crippen LogP contribution in [-0.4, -0.2) is 30.6 Å². The molecule has 88 valence electrons. The molecular weight excluding hydrogens is 200 g/mol. The molecule has 2 N–H and O–H groups in total. The summed E-state index contributed by atoms with van der Waals surface area (Å²) >= 11 is 0. The molecule has 2 rings (SSSR count). The van der Waals surface area contributed by atoms with Gasteiger partial charge in [0.25, 0.3) is 0 Å². The number of nitrogens with two attached hydrogens (primary N) is 1. The van der Waals surface area contributed by atoms with Gasteiger partial charge in [0.05, 0.1) is 0 Å². The molecule has 0 aromatic heterocycles. The van der Waals surface area contributed by atoms with Crippen molar-refractivity contribution in [3.63, 3.8) is 0 Å². The summed E-state index contributed by atoms with van der Waals surface area (Å²) in [5.74, 6) is 0.904. The Bertz CT molecular complexity index is 319. The van der Waals surface area contributed by atoms with Crippen LogP contribution < -0.4 is 10.5 Å². The van der Waals surface area contributed by atoms with Crippen molar-refractivity contribution in [1.29, 1.82) is 0 Å². The number of nitrogen functional groups attached to an aromatic ring is 1. The smallest absolute Gasteiger partial charge is 0.119 e. The second-order valence-corrected chi connectivity index (χ2v) is 4.28. The quantitative estimate of drug-likeness (QED) is 0.746. The maximum atomic E-state index is 5.67. The average Bonchev–Trinajstić information content (AvgIpc) is 3.11. The van der Waals surface area contributed by atoms with Crippen LogP contribution in [0.3, 0.4) is 0 Å². The van der Waals surface area contributed by atoms with Crippen molar-refractivity contribution in [3.05, 3.63) is 24.3 Å². The number of anilines is 1. The Morgan fingerprint density at radius 1 is 1.31 bits per heavy atom. The van der Waals surface area contributed by atoms with Gasteiger partial charge in [-0.05, 0) is 43.7 Å². The van der Waals surface area contributed by atoms with Crippen molar-refractivity contribution in [3.8, 4) is 5.75 Å². The predicted octanol–water partition coefficient (Wildman–Crippen LogP) is 2.13. The molecule has 0 unspecified atom stereocenters. The van der Waals surface area contributed by atoms with Crippen LogP contribution in [0.4, 0.5) is 5.69 Å². The minimum absolute atomic E-state index is 0.758. The number of nitrogens with zero attached hydrogens (tertiary/aromatic N) is 1. The molecule has 1 aromatic rings. The molecule has 0 heterocycles. The maximum absolute atomic E-state index is 5.67. The molecule has 0 spiro atoms. The molecule has 0 saturated heterocycles. The van der Waals surface area contributed by atoms with Gasteiger partial charge in [0.1, 0.15) is 12.4 Å². The van der Waals surface area contributed by atoms with E-state index in [0.717, 1.165) is 37.2 Å². The Morgan fingerprint density at radius 3 is 2.56 bits per heavy atom. The van der Waals surface area contributed by atoms with E-state index in [9.17, 15) is 0 Å². The van der Waals surface area contributed by atoms with E-state index < -0.39 is 0 Å². The van der Waals surface area contributed by atoms with Crippen molar-refractivity contribution in [2.45, 2.75) is 25.8 Å². The molecular formula is C13H20N2O. The van der Waals surface area contributed by atoms with E-state index in [2.05, 4.69) is 11.8 Å². The Kier molecular flexibility index (Phi) is 3.67. The lowest BCUT2D eigenvalue weighted by Gasteiger charge is -2.19. The fraction of sp³-hybridized carbons (Fsp3) is 0.538. The Hall–Kier alpha value is -1.22. The van der Waals surface area contributed by atoms with Gasteiger partial charge in [-0.2, -0.15) is 0 Å². The van der Waals surface area contributed by atoms with Crippen molar-refractivity contribution in [1.82, 2.24) is 4.90 Å². The van der Waals surface area contributed by atoms with Gasteiger partial charge in [-0.1, -0.05) is 6.92 Å². The zero-order valence-corrected chi connectivity index (χ0v) is 9.86. The first-order valence-corrected chi connectivity index (χ1v) is 6.02. The minimum atomic E-state index is 0.758. The molecule has 1 fully saturated rings. The van der Waals surface area contributed by atoms with E-state index in [0.29, 0.717) is 0 Å². The Labute approximate surface area is 97.2 Å².